The number of ether oxygens (including phenoxy) is 4. The summed E-state index contributed by atoms with van der Waals surface area (Å²) >= 11 is 0. The van der Waals surface area contributed by atoms with Crippen molar-refractivity contribution in [3.05, 3.63) is 46.5 Å². The zero-order valence-corrected chi connectivity index (χ0v) is 19.6. The first kappa shape index (κ1) is 24.8. The summed E-state index contributed by atoms with van der Waals surface area (Å²) < 4.78 is 21.2. The van der Waals surface area contributed by atoms with Crippen molar-refractivity contribution in [1.29, 1.82) is 0 Å². The van der Waals surface area contributed by atoms with Crippen LogP contribution < -0.4 is 29.6 Å². The molecule has 174 valence electrons. The summed E-state index contributed by atoms with van der Waals surface area (Å²) in [4.78, 5) is 25.4. The standard InChI is InChI=1S/C24H32N2O6/c1-7-15-11-19(29-3)21(31-5)13-17(15)23(27)25-9-10-26-24(28)18-14-22(32-6)20(30-4)12-16(18)8-2/h11-14H,7-10H2,1-6H3,(H,25,27)(H,26,28). The monoisotopic (exact) mass is 444 g/mol. The molecule has 8 heteroatoms. The first-order valence-corrected chi connectivity index (χ1v) is 10.5. The normalized spacial score (nSPS) is 10.3. The predicted molar refractivity (Wildman–Crippen MR) is 123 cm³/mol. The molecular weight excluding hydrogens is 412 g/mol. The van der Waals surface area contributed by atoms with E-state index in [4.69, 9.17) is 18.9 Å². The van der Waals surface area contributed by atoms with Crippen LogP contribution >= 0.6 is 0 Å². The third-order valence-corrected chi connectivity index (χ3v) is 5.17. The Morgan fingerprint density at radius 1 is 0.625 bits per heavy atom. The van der Waals surface area contributed by atoms with Gasteiger partial charge in [0.25, 0.3) is 11.8 Å². The van der Waals surface area contributed by atoms with Gasteiger partial charge < -0.3 is 29.6 Å². The van der Waals surface area contributed by atoms with Crippen LogP contribution in [0.4, 0.5) is 0 Å². The summed E-state index contributed by atoms with van der Waals surface area (Å²) in [6.45, 7) is 4.48. The summed E-state index contributed by atoms with van der Waals surface area (Å²) in [7, 11) is 6.17. The Morgan fingerprint density at radius 2 is 0.938 bits per heavy atom. The fraction of sp³-hybridized carbons (Fsp3) is 0.417. The smallest absolute Gasteiger partial charge is 0.251 e. The summed E-state index contributed by atoms with van der Waals surface area (Å²) in [6, 6.07) is 6.95. The van der Waals surface area contributed by atoms with Gasteiger partial charge in [0.15, 0.2) is 23.0 Å². The van der Waals surface area contributed by atoms with Gasteiger partial charge in [0.2, 0.25) is 0 Å². The van der Waals surface area contributed by atoms with Crippen LogP contribution in [0.3, 0.4) is 0 Å². The van der Waals surface area contributed by atoms with Crippen molar-refractivity contribution in [2.24, 2.45) is 0 Å². The number of carbonyl (C=O) groups excluding carboxylic acids is 2. The highest BCUT2D eigenvalue weighted by molar-refractivity contribution is 5.97. The lowest BCUT2D eigenvalue weighted by Gasteiger charge is -2.15. The molecule has 2 amide bonds. The molecule has 0 fully saturated rings. The molecule has 8 nitrogen and oxygen atoms in total. The van der Waals surface area contributed by atoms with Crippen LogP contribution in [0, 0.1) is 0 Å². The molecule has 0 heterocycles. The molecule has 0 unspecified atom stereocenters. The molecule has 32 heavy (non-hydrogen) atoms. The zero-order valence-electron chi connectivity index (χ0n) is 19.6. The number of carbonyl (C=O) groups is 2. The second-order valence-electron chi connectivity index (χ2n) is 6.95. The predicted octanol–water partition coefficient (Wildman–Crippen LogP) is 3.01. The number of amides is 2. The van der Waals surface area contributed by atoms with Crippen LogP contribution in [-0.2, 0) is 12.8 Å². The van der Waals surface area contributed by atoms with Gasteiger partial charge in [-0.15, -0.1) is 0 Å². The first-order chi connectivity index (χ1) is 15.4. The number of hydrogen-bond donors (Lipinski definition) is 2. The highest BCUT2D eigenvalue weighted by Crippen LogP contribution is 2.31. The van der Waals surface area contributed by atoms with Crippen molar-refractivity contribution in [3.8, 4) is 23.0 Å². The van der Waals surface area contributed by atoms with Crippen molar-refractivity contribution in [2.45, 2.75) is 26.7 Å². The lowest BCUT2D eigenvalue weighted by atomic mass is 10.0. The Hall–Kier alpha value is -3.42. The van der Waals surface area contributed by atoms with Gasteiger partial charge in [0.05, 0.1) is 28.4 Å². The summed E-state index contributed by atoms with van der Waals surface area (Å²) in [5.74, 6) is 1.66. The van der Waals surface area contributed by atoms with Crippen LogP contribution in [0.25, 0.3) is 0 Å². The van der Waals surface area contributed by atoms with Gasteiger partial charge in [0, 0.05) is 24.2 Å². The fourth-order valence-corrected chi connectivity index (χ4v) is 3.39. The molecule has 2 aromatic rings. The van der Waals surface area contributed by atoms with E-state index < -0.39 is 0 Å². The molecule has 0 aliphatic rings. The summed E-state index contributed by atoms with van der Waals surface area (Å²) in [5, 5.41) is 5.69. The zero-order chi connectivity index (χ0) is 23.7. The minimum Gasteiger partial charge on any atom is -0.493 e. The van der Waals surface area contributed by atoms with E-state index in [-0.39, 0.29) is 24.9 Å². The number of rotatable bonds is 11. The molecule has 0 spiro atoms. The molecule has 2 rings (SSSR count). The summed E-state index contributed by atoms with van der Waals surface area (Å²) in [5.41, 5.74) is 2.73. The third kappa shape index (κ3) is 5.63. The molecule has 0 aromatic heterocycles. The number of methoxy groups -OCH3 is 4. The Morgan fingerprint density at radius 3 is 1.22 bits per heavy atom. The van der Waals surface area contributed by atoms with E-state index in [9.17, 15) is 9.59 Å². The van der Waals surface area contributed by atoms with E-state index >= 15 is 0 Å². The van der Waals surface area contributed by atoms with Crippen molar-refractivity contribution in [1.82, 2.24) is 10.6 Å². The second kappa shape index (κ2) is 11.8. The highest BCUT2D eigenvalue weighted by Gasteiger charge is 2.17. The van der Waals surface area contributed by atoms with Crippen LogP contribution in [0.2, 0.25) is 0 Å². The van der Waals surface area contributed by atoms with Crippen molar-refractivity contribution in [3.63, 3.8) is 0 Å². The van der Waals surface area contributed by atoms with Crippen LogP contribution in [-0.4, -0.2) is 53.3 Å². The van der Waals surface area contributed by atoms with Crippen LogP contribution in [0.15, 0.2) is 24.3 Å². The average Bonchev–Trinajstić information content (AvgIpc) is 2.84. The molecule has 0 saturated heterocycles. The third-order valence-electron chi connectivity index (χ3n) is 5.17. The topological polar surface area (TPSA) is 95.1 Å². The van der Waals surface area contributed by atoms with E-state index in [0.29, 0.717) is 47.0 Å². The second-order valence-corrected chi connectivity index (χ2v) is 6.95. The molecule has 0 aliphatic carbocycles. The van der Waals surface area contributed by atoms with E-state index in [0.717, 1.165) is 11.1 Å². The number of nitrogens with one attached hydrogen (secondary N) is 2. The van der Waals surface area contributed by atoms with Gasteiger partial charge >= 0.3 is 0 Å². The van der Waals surface area contributed by atoms with Gasteiger partial charge in [-0.05, 0) is 48.2 Å². The number of hydrogen-bond acceptors (Lipinski definition) is 6. The Labute approximate surface area is 189 Å². The molecule has 0 bridgehead atoms. The quantitative estimate of drug-likeness (QED) is 0.518. The molecule has 2 aromatic carbocycles. The maximum Gasteiger partial charge on any atom is 0.251 e. The summed E-state index contributed by atoms with van der Waals surface area (Å²) in [6.07, 6.45) is 1.33. The average molecular weight is 445 g/mol. The fourth-order valence-electron chi connectivity index (χ4n) is 3.39. The maximum atomic E-state index is 12.7. The van der Waals surface area contributed by atoms with Gasteiger partial charge in [0.1, 0.15) is 0 Å². The van der Waals surface area contributed by atoms with E-state index in [1.165, 1.54) is 14.2 Å². The minimum absolute atomic E-state index is 0.239. The first-order valence-electron chi connectivity index (χ1n) is 10.5. The van der Waals surface area contributed by atoms with Gasteiger partial charge in [-0.3, -0.25) is 9.59 Å². The minimum atomic E-state index is -0.239. The van der Waals surface area contributed by atoms with Crippen LogP contribution in [0.1, 0.15) is 45.7 Å². The van der Waals surface area contributed by atoms with E-state index in [2.05, 4.69) is 10.6 Å². The Bertz CT molecular complexity index is 880. The van der Waals surface area contributed by atoms with Crippen LogP contribution in [0.5, 0.6) is 23.0 Å². The SMILES string of the molecule is CCc1cc(OC)c(OC)cc1C(=O)NCCNC(=O)c1cc(OC)c(OC)cc1CC. The lowest BCUT2D eigenvalue weighted by molar-refractivity contribution is 0.0926. The van der Waals surface area contributed by atoms with Gasteiger partial charge in [-0.2, -0.15) is 0 Å². The largest absolute Gasteiger partial charge is 0.493 e. The van der Waals surface area contributed by atoms with Crippen molar-refractivity contribution >= 4 is 11.8 Å². The molecule has 0 aliphatic heterocycles. The highest BCUT2D eigenvalue weighted by atomic mass is 16.5. The maximum absolute atomic E-state index is 12.7. The van der Waals surface area contributed by atoms with Gasteiger partial charge in [-0.25, -0.2) is 0 Å². The Kier molecular flexibility index (Phi) is 9.19. The molecule has 0 saturated carbocycles. The van der Waals surface area contributed by atoms with Gasteiger partial charge in [-0.1, -0.05) is 13.8 Å². The van der Waals surface area contributed by atoms with Crippen molar-refractivity contribution in [2.75, 3.05) is 41.5 Å². The van der Waals surface area contributed by atoms with E-state index in [1.54, 1.807) is 38.5 Å². The van der Waals surface area contributed by atoms with Crippen molar-refractivity contribution < 1.29 is 28.5 Å². The molecule has 0 atom stereocenters. The molecule has 2 N–H and O–H groups in total. The lowest BCUT2D eigenvalue weighted by Crippen LogP contribution is -2.35. The number of benzene rings is 2. The van der Waals surface area contributed by atoms with E-state index in [1.807, 2.05) is 13.8 Å². The molecular formula is C24H32N2O6. The molecule has 0 radical (unpaired) electrons. The number of aryl methyl sites for hydroxylation is 2. The Balaban J connectivity index is 2.03.